The van der Waals surface area contributed by atoms with Crippen LogP contribution in [-0.4, -0.2) is 27.5 Å². The number of pyridine rings is 1. The second-order valence-corrected chi connectivity index (χ2v) is 6.37. The van der Waals surface area contributed by atoms with Crippen molar-refractivity contribution in [3.05, 3.63) is 41.3 Å². The molecule has 2 aromatic rings. The fourth-order valence-corrected chi connectivity index (χ4v) is 3.35. The Morgan fingerprint density at radius 1 is 1.21 bits per heavy atom. The van der Waals surface area contributed by atoms with Gasteiger partial charge in [-0.3, -0.25) is 9.78 Å². The van der Waals surface area contributed by atoms with Crippen molar-refractivity contribution in [1.82, 2.24) is 10.3 Å². The van der Waals surface area contributed by atoms with Gasteiger partial charge < -0.3 is 10.4 Å². The molecule has 1 aromatic carbocycles. The molecule has 2 N–H and O–H groups in total. The van der Waals surface area contributed by atoms with Gasteiger partial charge in [0.25, 0.3) is 5.91 Å². The number of aryl methyl sites for hydroxylation is 1. The maximum Gasteiger partial charge on any atom is 0.329 e. The molecule has 0 bridgehead atoms. The lowest BCUT2D eigenvalue weighted by Gasteiger charge is -2.34. The minimum atomic E-state index is -1.22. The Hall–Kier alpha value is -2.50. The van der Waals surface area contributed by atoms with Crippen molar-refractivity contribution < 1.29 is 19.1 Å². The molecule has 1 aliphatic carbocycles. The second-order valence-electron chi connectivity index (χ2n) is 6.37. The molecule has 0 unspecified atom stereocenters. The van der Waals surface area contributed by atoms with Gasteiger partial charge in [-0.15, -0.1) is 0 Å². The van der Waals surface area contributed by atoms with E-state index in [9.17, 15) is 19.1 Å². The van der Waals surface area contributed by atoms with Gasteiger partial charge in [-0.05, 0) is 38.0 Å². The highest BCUT2D eigenvalue weighted by molar-refractivity contribution is 6.07. The standard InChI is InChI=1S/C18H19FN2O3/c1-11-9-14(13-6-5-12(19)10-15(13)20-11)16(22)21-18(17(23)24)7-3-2-4-8-18/h5-6,9-10H,2-4,7-8H2,1H3,(H,21,22)(H,23,24). The third-order valence-electron chi connectivity index (χ3n) is 4.61. The first-order valence-corrected chi connectivity index (χ1v) is 8.04. The predicted molar refractivity (Wildman–Crippen MR) is 87.4 cm³/mol. The Morgan fingerprint density at radius 2 is 1.92 bits per heavy atom. The number of nitrogens with one attached hydrogen (secondary N) is 1. The summed E-state index contributed by atoms with van der Waals surface area (Å²) in [5, 5.41) is 12.8. The summed E-state index contributed by atoms with van der Waals surface area (Å²) in [7, 11) is 0. The number of carboxylic acids is 1. The lowest BCUT2D eigenvalue weighted by molar-refractivity contribution is -0.145. The number of aliphatic carboxylic acids is 1. The molecule has 3 rings (SSSR count). The van der Waals surface area contributed by atoms with Crippen LogP contribution in [0, 0.1) is 12.7 Å². The van der Waals surface area contributed by atoms with E-state index in [4.69, 9.17) is 0 Å². The van der Waals surface area contributed by atoms with Crippen molar-refractivity contribution in [2.24, 2.45) is 0 Å². The SMILES string of the molecule is Cc1cc(C(=O)NC2(C(=O)O)CCCCC2)c2ccc(F)cc2n1. The van der Waals surface area contributed by atoms with Gasteiger partial charge in [0.1, 0.15) is 11.4 Å². The maximum absolute atomic E-state index is 13.4. The van der Waals surface area contributed by atoms with Gasteiger partial charge in [0.05, 0.1) is 11.1 Å². The third kappa shape index (κ3) is 2.96. The van der Waals surface area contributed by atoms with Crippen molar-refractivity contribution in [1.29, 1.82) is 0 Å². The first kappa shape index (κ1) is 16.4. The van der Waals surface area contributed by atoms with Crippen LogP contribution in [-0.2, 0) is 4.79 Å². The van der Waals surface area contributed by atoms with E-state index >= 15 is 0 Å². The lowest BCUT2D eigenvalue weighted by Crippen LogP contribution is -2.55. The van der Waals surface area contributed by atoms with E-state index in [1.807, 2.05) is 0 Å². The summed E-state index contributed by atoms with van der Waals surface area (Å²) in [5.74, 6) is -1.89. The average molecular weight is 330 g/mol. The molecule has 6 heteroatoms. The number of nitrogens with zero attached hydrogens (tertiary/aromatic N) is 1. The second kappa shape index (κ2) is 6.19. The van der Waals surface area contributed by atoms with Crippen LogP contribution in [0.1, 0.15) is 48.2 Å². The van der Waals surface area contributed by atoms with Crippen LogP contribution in [0.15, 0.2) is 24.3 Å². The largest absolute Gasteiger partial charge is 0.480 e. The number of carboxylic acid groups (broad SMARTS) is 1. The number of amides is 1. The molecule has 1 amide bonds. The van der Waals surface area contributed by atoms with Crippen LogP contribution < -0.4 is 5.32 Å². The molecular weight excluding hydrogens is 311 g/mol. The molecule has 1 saturated carbocycles. The molecule has 1 heterocycles. The number of hydrogen-bond acceptors (Lipinski definition) is 3. The van der Waals surface area contributed by atoms with Gasteiger partial charge in [0.15, 0.2) is 0 Å². The summed E-state index contributed by atoms with van der Waals surface area (Å²) in [4.78, 5) is 28.8. The van der Waals surface area contributed by atoms with Crippen molar-refractivity contribution in [3.8, 4) is 0 Å². The van der Waals surface area contributed by atoms with Crippen LogP contribution in [0.2, 0.25) is 0 Å². The van der Waals surface area contributed by atoms with Crippen LogP contribution in [0.3, 0.4) is 0 Å². The zero-order valence-corrected chi connectivity index (χ0v) is 13.4. The van der Waals surface area contributed by atoms with Crippen LogP contribution >= 0.6 is 0 Å². The first-order chi connectivity index (χ1) is 11.4. The number of rotatable bonds is 3. The number of benzene rings is 1. The highest BCUT2D eigenvalue weighted by Crippen LogP contribution is 2.29. The van der Waals surface area contributed by atoms with Gasteiger partial charge in [0, 0.05) is 17.1 Å². The normalized spacial score (nSPS) is 16.8. The zero-order valence-electron chi connectivity index (χ0n) is 13.4. The summed E-state index contributed by atoms with van der Waals surface area (Å²) >= 11 is 0. The molecule has 0 spiro atoms. The number of carbonyl (C=O) groups excluding carboxylic acids is 1. The monoisotopic (exact) mass is 330 g/mol. The first-order valence-electron chi connectivity index (χ1n) is 8.04. The number of aromatic nitrogens is 1. The smallest absolute Gasteiger partial charge is 0.329 e. The molecule has 1 aromatic heterocycles. The molecule has 0 atom stereocenters. The summed E-state index contributed by atoms with van der Waals surface area (Å²) in [6.45, 7) is 1.72. The molecule has 0 aliphatic heterocycles. The Bertz CT molecular complexity index is 808. The van der Waals surface area contributed by atoms with Crippen LogP contribution in [0.25, 0.3) is 10.9 Å². The van der Waals surface area contributed by atoms with Gasteiger partial charge >= 0.3 is 5.97 Å². The predicted octanol–water partition coefficient (Wildman–Crippen LogP) is 3.20. The van der Waals surface area contributed by atoms with Gasteiger partial charge in [-0.2, -0.15) is 0 Å². The van der Waals surface area contributed by atoms with Gasteiger partial charge in [-0.25, -0.2) is 9.18 Å². The highest BCUT2D eigenvalue weighted by atomic mass is 19.1. The Morgan fingerprint density at radius 3 is 2.58 bits per heavy atom. The van der Waals surface area contributed by atoms with E-state index in [1.165, 1.54) is 18.2 Å². The van der Waals surface area contributed by atoms with E-state index < -0.39 is 23.2 Å². The topological polar surface area (TPSA) is 79.3 Å². The summed E-state index contributed by atoms with van der Waals surface area (Å²) < 4.78 is 13.4. The third-order valence-corrected chi connectivity index (χ3v) is 4.61. The van der Waals surface area contributed by atoms with E-state index in [0.29, 0.717) is 35.0 Å². The van der Waals surface area contributed by atoms with E-state index in [-0.39, 0.29) is 0 Å². The van der Waals surface area contributed by atoms with Crippen molar-refractivity contribution >= 4 is 22.8 Å². The quantitative estimate of drug-likeness (QED) is 0.906. The minimum Gasteiger partial charge on any atom is -0.480 e. The fourth-order valence-electron chi connectivity index (χ4n) is 3.35. The number of fused-ring (bicyclic) bond motifs is 1. The van der Waals surface area contributed by atoms with Crippen molar-refractivity contribution in [3.63, 3.8) is 0 Å². The minimum absolute atomic E-state index is 0.323. The van der Waals surface area contributed by atoms with E-state index in [0.717, 1.165) is 19.3 Å². The fraction of sp³-hybridized carbons (Fsp3) is 0.389. The number of hydrogen-bond donors (Lipinski definition) is 2. The Labute approximate surface area is 138 Å². The molecule has 1 fully saturated rings. The Balaban J connectivity index is 2.00. The van der Waals surface area contributed by atoms with E-state index in [1.54, 1.807) is 13.0 Å². The van der Waals surface area contributed by atoms with E-state index in [2.05, 4.69) is 10.3 Å². The lowest BCUT2D eigenvalue weighted by atomic mass is 9.81. The highest BCUT2D eigenvalue weighted by Gasteiger charge is 2.41. The zero-order chi connectivity index (χ0) is 17.3. The van der Waals surface area contributed by atoms with Crippen LogP contribution in [0.4, 0.5) is 4.39 Å². The Kier molecular flexibility index (Phi) is 4.22. The molecule has 1 aliphatic rings. The molecular formula is C18H19FN2O3. The van der Waals surface area contributed by atoms with Crippen molar-refractivity contribution in [2.75, 3.05) is 0 Å². The molecule has 126 valence electrons. The maximum atomic E-state index is 13.4. The molecule has 5 nitrogen and oxygen atoms in total. The number of carbonyl (C=O) groups is 2. The molecule has 0 saturated heterocycles. The number of halogens is 1. The molecule has 0 radical (unpaired) electrons. The summed E-state index contributed by atoms with van der Waals surface area (Å²) in [5.41, 5.74) is 0.0573. The van der Waals surface area contributed by atoms with Crippen molar-refractivity contribution in [2.45, 2.75) is 44.6 Å². The summed E-state index contributed by atoms with van der Waals surface area (Å²) in [6, 6.07) is 5.64. The summed E-state index contributed by atoms with van der Waals surface area (Å²) in [6.07, 6.45) is 3.36. The molecule has 24 heavy (non-hydrogen) atoms. The van der Waals surface area contributed by atoms with Gasteiger partial charge in [0.2, 0.25) is 0 Å². The average Bonchev–Trinajstić information content (AvgIpc) is 2.54. The van der Waals surface area contributed by atoms with Crippen LogP contribution in [0.5, 0.6) is 0 Å². The van der Waals surface area contributed by atoms with Gasteiger partial charge in [-0.1, -0.05) is 19.3 Å².